The van der Waals surface area contributed by atoms with Crippen LogP contribution >= 0.6 is 24.0 Å². The van der Waals surface area contributed by atoms with Gasteiger partial charge in [0.15, 0.2) is 5.96 Å². The third kappa shape index (κ3) is 7.77. The van der Waals surface area contributed by atoms with Crippen LogP contribution in [0.1, 0.15) is 25.0 Å². The molecule has 0 aromatic heterocycles. The van der Waals surface area contributed by atoms with Gasteiger partial charge in [0.25, 0.3) is 6.43 Å². The van der Waals surface area contributed by atoms with Crippen molar-refractivity contribution in [3.05, 3.63) is 29.3 Å². The van der Waals surface area contributed by atoms with Gasteiger partial charge >= 0.3 is 0 Å². The Morgan fingerprint density at radius 1 is 1.27 bits per heavy atom. The Balaban J connectivity index is 0.00000441. The number of benzene rings is 1. The molecule has 0 aliphatic carbocycles. The molecule has 0 aliphatic rings. The third-order valence-electron chi connectivity index (χ3n) is 2.68. The van der Waals surface area contributed by atoms with Gasteiger partial charge in [0.1, 0.15) is 5.75 Å². The maximum absolute atomic E-state index is 12.2. The normalized spacial score (nSPS) is 11.4. The van der Waals surface area contributed by atoms with Gasteiger partial charge in [-0.05, 0) is 32.4 Å². The van der Waals surface area contributed by atoms with Crippen molar-refractivity contribution in [3.8, 4) is 5.75 Å². The van der Waals surface area contributed by atoms with Crippen LogP contribution < -0.4 is 15.4 Å². The highest BCUT2D eigenvalue weighted by atomic mass is 127. The van der Waals surface area contributed by atoms with E-state index in [0.717, 1.165) is 16.9 Å². The summed E-state index contributed by atoms with van der Waals surface area (Å²) in [7, 11) is 1.54. The summed E-state index contributed by atoms with van der Waals surface area (Å²) in [5.41, 5.74) is 2.06. The molecule has 0 heterocycles. The fourth-order valence-corrected chi connectivity index (χ4v) is 1.74. The molecule has 0 unspecified atom stereocenters. The zero-order chi connectivity index (χ0) is 15.8. The second kappa shape index (κ2) is 10.6. The number of nitrogens with zero attached hydrogens (tertiary/aromatic N) is 1. The molecule has 0 aliphatic heterocycles. The smallest absolute Gasteiger partial charge is 0.255 e. The molecule has 0 fully saturated rings. The molecule has 7 heteroatoms. The number of guanidine groups is 1. The zero-order valence-electron chi connectivity index (χ0n) is 13.3. The van der Waals surface area contributed by atoms with Gasteiger partial charge in [0, 0.05) is 19.2 Å². The Bertz CT molecular complexity index is 482. The summed E-state index contributed by atoms with van der Waals surface area (Å²) in [5, 5.41) is 5.56. The van der Waals surface area contributed by atoms with Crippen molar-refractivity contribution in [1.29, 1.82) is 0 Å². The summed E-state index contributed by atoms with van der Waals surface area (Å²) in [4.78, 5) is 3.90. The molecule has 126 valence electrons. The van der Waals surface area contributed by atoms with Crippen LogP contribution in [0, 0.1) is 6.92 Å². The number of aryl methyl sites for hydroxylation is 1. The summed E-state index contributed by atoms with van der Waals surface area (Å²) in [6.45, 7) is 5.94. The van der Waals surface area contributed by atoms with E-state index in [9.17, 15) is 8.78 Å². The molecule has 0 saturated heterocycles. The molecule has 0 saturated carbocycles. The molecule has 0 bridgehead atoms. The summed E-state index contributed by atoms with van der Waals surface area (Å²) >= 11 is 0. The van der Waals surface area contributed by atoms with E-state index in [4.69, 9.17) is 4.74 Å². The number of hydrogen-bond acceptors (Lipinski definition) is 2. The molecule has 0 amide bonds. The van der Waals surface area contributed by atoms with Crippen molar-refractivity contribution in [2.24, 2.45) is 4.99 Å². The minimum absolute atomic E-state index is 0. The molecule has 22 heavy (non-hydrogen) atoms. The first-order valence-corrected chi connectivity index (χ1v) is 6.91. The molecule has 0 atom stereocenters. The number of halogens is 3. The minimum Gasteiger partial charge on any atom is -0.491 e. The highest BCUT2D eigenvalue weighted by Gasteiger charge is 2.08. The Labute approximate surface area is 147 Å². The first-order chi connectivity index (χ1) is 9.92. The highest BCUT2D eigenvalue weighted by molar-refractivity contribution is 14.0. The Morgan fingerprint density at radius 2 is 1.95 bits per heavy atom. The van der Waals surface area contributed by atoms with Gasteiger partial charge in [0.2, 0.25) is 0 Å². The quantitative estimate of drug-likeness (QED) is 0.416. The Kier molecular flexibility index (Phi) is 10.0. The number of nitrogens with one attached hydrogen (secondary N) is 2. The van der Waals surface area contributed by atoms with E-state index in [1.54, 1.807) is 7.05 Å². The van der Waals surface area contributed by atoms with E-state index >= 15 is 0 Å². The molecule has 0 spiro atoms. The average Bonchev–Trinajstić information content (AvgIpc) is 2.40. The van der Waals surface area contributed by atoms with Crippen LogP contribution in [0.2, 0.25) is 0 Å². The van der Waals surface area contributed by atoms with Gasteiger partial charge < -0.3 is 15.4 Å². The summed E-state index contributed by atoms with van der Waals surface area (Å²) in [6, 6.07) is 5.91. The van der Waals surface area contributed by atoms with Gasteiger partial charge in [-0.1, -0.05) is 12.1 Å². The molecule has 0 radical (unpaired) electrons. The third-order valence-corrected chi connectivity index (χ3v) is 2.68. The van der Waals surface area contributed by atoms with E-state index in [2.05, 4.69) is 15.6 Å². The summed E-state index contributed by atoms with van der Waals surface area (Å²) in [5.74, 6) is 1.13. The van der Waals surface area contributed by atoms with E-state index in [0.29, 0.717) is 12.5 Å². The van der Waals surface area contributed by atoms with Crippen LogP contribution in [0.4, 0.5) is 8.78 Å². The van der Waals surface area contributed by atoms with Crippen LogP contribution in [0.15, 0.2) is 23.2 Å². The molecule has 1 aromatic rings. The molecular weight excluding hydrogens is 403 g/mol. The van der Waals surface area contributed by atoms with Gasteiger partial charge in [-0.2, -0.15) is 0 Å². The number of hydrogen-bond donors (Lipinski definition) is 2. The van der Waals surface area contributed by atoms with E-state index in [1.807, 2.05) is 39.0 Å². The number of aliphatic imine (C=N–C) groups is 1. The van der Waals surface area contributed by atoms with Crippen molar-refractivity contribution in [1.82, 2.24) is 10.6 Å². The lowest BCUT2D eigenvalue weighted by Crippen LogP contribution is -2.39. The maximum Gasteiger partial charge on any atom is 0.255 e. The number of alkyl halides is 2. The van der Waals surface area contributed by atoms with Crippen LogP contribution in [-0.4, -0.2) is 32.1 Å². The molecule has 1 aromatic carbocycles. The second-order valence-electron chi connectivity index (χ2n) is 4.98. The standard InChI is InChI=1S/C15H23F2N3O.HI/c1-10(2)21-13-7-11(3)5-6-12(13)8-19-15(18-4)20-9-14(16)17;/h5-7,10,14H,8-9H2,1-4H3,(H2,18,19,20);1H. The monoisotopic (exact) mass is 427 g/mol. The highest BCUT2D eigenvalue weighted by Crippen LogP contribution is 2.21. The van der Waals surface area contributed by atoms with Crippen LogP contribution in [-0.2, 0) is 6.54 Å². The van der Waals surface area contributed by atoms with Crippen molar-refractivity contribution >= 4 is 29.9 Å². The molecule has 2 N–H and O–H groups in total. The topological polar surface area (TPSA) is 45.7 Å². The first-order valence-electron chi connectivity index (χ1n) is 6.91. The fraction of sp³-hybridized carbons (Fsp3) is 0.533. The molecule has 1 rings (SSSR count). The largest absolute Gasteiger partial charge is 0.491 e. The Hall–Kier alpha value is -1.12. The van der Waals surface area contributed by atoms with Crippen LogP contribution in [0.25, 0.3) is 0 Å². The lowest BCUT2D eigenvalue weighted by Gasteiger charge is -2.17. The van der Waals surface area contributed by atoms with Crippen molar-refractivity contribution in [2.75, 3.05) is 13.6 Å². The average molecular weight is 427 g/mol. The predicted molar refractivity (Wildman–Crippen MR) is 96.6 cm³/mol. The van der Waals surface area contributed by atoms with Gasteiger partial charge in [-0.3, -0.25) is 4.99 Å². The van der Waals surface area contributed by atoms with Crippen LogP contribution in [0.5, 0.6) is 5.75 Å². The molecule has 4 nitrogen and oxygen atoms in total. The summed E-state index contributed by atoms with van der Waals surface area (Å²) in [6.07, 6.45) is -2.34. The second-order valence-corrected chi connectivity index (χ2v) is 4.98. The first kappa shape index (κ1) is 20.9. The van der Waals surface area contributed by atoms with E-state index in [1.165, 1.54) is 0 Å². The minimum atomic E-state index is -2.41. The molecular formula is C15H24F2IN3O. The van der Waals surface area contributed by atoms with Gasteiger partial charge in [0.05, 0.1) is 12.6 Å². The predicted octanol–water partition coefficient (Wildman–Crippen LogP) is 3.33. The lowest BCUT2D eigenvalue weighted by molar-refractivity contribution is 0.152. The number of rotatable bonds is 6. The van der Waals surface area contributed by atoms with Crippen molar-refractivity contribution in [2.45, 2.75) is 39.8 Å². The maximum atomic E-state index is 12.2. The van der Waals surface area contributed by atoms with E-state index in [-0.39, 0.29) is 30.1 Å². The SMILES string of the molecule is CN=C(NCc1ccc(C)cc1OC(C)C)NCC(F)F.I. The zero-order valence-corrected chi connectivity index (χ0v) is 15.7. The van der Waals surface area contributed by atoms with Crippen molar-refractivity contribution < 1.29 is 13.5 Å². The van der Waals surface area contributed by atoms with Gasteiger partial charge in [-0.15, -0.1) is 24.0 Å². The summed E-state index contributed by atoms with van der Waals surface area (Å²) < 4.78 is 30.1. The van der Waals surface area contributed by atoms with E-state index < -0.39 is 13.0 Å². The fourth-order valence-electron chi connectivity index (χ4n) is 1.74. The van der Waals surface area contributed by atoms with Gasteiger partial charge in [-0.25, -0.2) is 8.78 Å². The van der Waals surface area contributed by atoms with Crippen LogP contribution in [0.3, 0.4) is 0 Å². The lowest BCUT2D eigenvalue weighted by atomic mass is 10.1. The Morgan fingerprint density at radius 3 is 2.50 bits per heavy atom. The van der Waals surface area contributed by atoms with Crippen molar-refractivity contribution in [3.63, 3.8) is 0 Å². The number of ether oxygens (including phenoxy) is 1.